The van der Waals surface area contributed by atoms with Crippen LogP contribution in [0, 0.1) is 19.3 Å². The zero-order chi connectivity index (χ0) is 22.3. The van der Waals surface area contributed by atoms with Gasteiger partial charge in [-0.2, -0.15) is 0 Å². The molecule has 0 saturated carbocycles. The summed E-state index contributed by atoms with van der Waals surface area (Å²) in [4.78, 5) is 25.3. The molecule has 2 aromatic rings. The highest BCUT2D eigenvalue weighted by molar-refractivity contribution is 6.04. The van der Waals surface area contributed by atoms with Crippen molar-refractivity contribution in [1.82, 2.24) is 5.32 Å². The molecular weight excluding hydrogens is 376 g/mol. The lowest BCUT2D eigenvalue weighted by atomic mass is 9.86. The Kier molecular flexibility index (Phi) is 8.04. The van der Waals surface area contributed by atoms with E-state index in [-0.39, 0.29) is 17.9 Å². The monoisotopic (exact) mass is 410 g/mol. The molecule has 0 bridgehead atoms. The molecule has 0 saturated heterocycles. The molecule has 0 atom stereocenters. The van der Waals surface area contributed by atoms with Gasteiger partial charge in [-0.15, -0.1) is 0 Å². The first-order valence-corrected chi connectivity index (χ1v) is 10.5. The van der Waals surface area contributed by atoms with Crippen molar-refractivity contribution in [2.75, 3.05) is 11.9 Å². The Hall–Kier alpha value is -2.82. The SMILES string of the molecule is Cc1ccc(C)c(OCCCC(C)(C)C(=O)Nc2ccccc2C(=O)NC(C)C)c1. The van der Waals surface area contributed by atoms with Gasteiger partial charge in [-0.05, 0) is 69.9 Å². The van der Waals surface area contributed by atoms with Crippen LogP contribution in [0.15, 0.2) is 42.5 Å². The van der Waals surface area contributed by atoms with Crippen LogP contribution in [0.4, 0.5) is 5.69 Å². The number of hydrogen-bond donors (Lipinski definition) is 2. The molecule has 0 spiro atoms. The Morgan fingerprint density at radius 2 is 1.77 bits per heavy atom. The topological polar surface area (TPSA) is 67.4 Å². The maximum atomic E-state index is 12.9. The molecule has 2 rings (SSSR count). The number of rotatable bonds is 9. The van der Waals surface area contributed by atoms with E-state index in [2.05, 4.69) is 22.8 Å². The highest BCUT2D eigenvalue weighted by Gasteiger charge is 2.28. The molecule has 5 heteroatoms. The van der Waals surface area contributed by atoms with Crippen molar-refractivity contribution in [3.8, 4) is 5.75 Å². The van der Waals surface area contributed by atoms with Gasteiger partial charge in [0, 0.05) is 11.5 Å². The van der Waals surface area contributed by atoms with Gasteiger partial charge < -0.3 is 15.4 Å². The summed E-state index contributed by atoms with van der Waals surface area (Å²) in [6, 6.07) is 13.3. The smallest absolute Gasteiger partial charge is 0.253 e. The van der Waals surface area contributed by atoms with Crippen LogP contribution in [0.2, 0.25) is 0 Å². The molecule has 0 radical (unpaired) electrons. The Morgan fingerprint density at radius 3 is 2.47 bits per heavy atom. The third-order valence-electron chi connectivity index (χ3n) is 5.00. The average molecular weight is 411 g/mol. The number of carbonyl (C=O) groups is 2. The van der Waals surface area contributed by atoms with E-state index in [1.165, 1.54) is 0 Å². The highest BCUT2D eigenvalue weighted by Crippen LogP contribution is 2.27. The predicted molar refractivity (Wildman–Crippen MR) is 122 cm³/mol. The summed E-state index contributed by atoms with van der Waals surface area (Å²) in [5, 5.41) is 5.81. The number of carbonyl (C=O) groups excluding carboxylic acids is 2. The minimum absolute atomic E-state index is 0.0229. The molecule has 0 aromatic heterocycles. The fourth-order valence-electron chi connectivity index (χ4n) is 3.09. The van der Waals surface area contributed by atoms with Gasteiger partial charge in [0.2, 0.25) is 5.91 Å². The van der Waals surface area contributed by atoms with Gasteiger partial charge in [0.1, 0.15) is 5.75 Å². The largest absolute Gasteiger partial charge is 0.493 e. The first-order valence-electron chi connectivity index (χ1n) is 10.5. The maximum absolute atomic E-state index is 12.9. The Balaban J connectivity index is 1.94. The van der Waals surface area contributed by atoms with Crippen molar-refractivity contribution < 1.29 is 14.3 Å². The van der Waals surface area contributed by atoms with Crippen molar-refractivity contribution in [3.05, 3.63) is 59.2 Å². The van der Waals surface area contributed by atoms with Gasteiger partial charge in [-0.3, -0.25) is 9.59 Å². The molecule has 0 aliphatic heterocycles. The van der Waals surface area contributed by atoms with E-state index >= 15 is 0 Å². The first-order chi connectivity index (χ1) is 14.1. The molecule has 30 heavy (non-hydrogen) atoms. The summed E-state index contributed by atoms with van der Waals surface area (Å²) in [6.45, 7) is 12.3. The maximum Gasteiger partial charge on any atom is 0.253 e. The Bertz CT molecular complexity index is 888. The van der Waals surface area contributed by atoms with Crippen molar-refractivity contribution in [1.29, 1.82) is 0 Å². The van der Waals surface area contributed by atoms with E-state index in [4.69, 9.17) is 4.74 Å². The molecule has 2 N–H and O–H groups in total. The van der Waals surface area contributed by atoms with Gasteiger partial charge in [0.05, 0.1) is 17.9 Å². The number of ether oxygens (including phenoxy) is 1. The summed E-state index contributed by atoms with van der Waals surface area (Å²) in [5.41, 5.74) is 2.67. The second-order valence-electron chi connectivity index (χ2n) is 8.73. The summed E-state index contributed by atoms with van der Waals surface area (Å²) in [7, 11) is 0. The third kappa shape index (κ3) is 6.61. The molecular formula is C25H34N2O3. The fourth-order valence-corrected chi connectivity index (χ4v) is 3.09. The fraction of sp³-hybridized carbons (Fsp3) is 0.440. The second-order valence-corrected chi connectivity index (χ2v) is 8.73. The lowest BCUT2D eigenvalue weighted by Gasteiger charge is -2.24. The van der Waals surface area contributed by atoms with Crippen LogP contribution in [0.3, 0.4) is 0 Å². The number of hydrogen-bond acceptors (Lipinski definition) is 3. The number of aryl methyl sites for hydroxylation is 2. The molecule has 0 aliphatic rings. The van der Waals surface area contributed by atoms with E-state index in [1.54, 1.807) is 18.2 Å². The molecule has 162 valence electrons. The number of amides is 2. The van der Waals surface area contributed by atoms with Crippen LogP contribution < -0.4 is 15.4 Å². The number of para-hydroxylation sites is 1. The molecule has 2 aromatic carbocycles. The van der Waals surface area contributed by atoms with Crippen molar-refractivity contribution >= 4 is 17.5 Å². The zero-order valence-electron chi connectivity index (χ0n) is 19.0. The summed E-state index contributed by atoms with van der Waals surface area (Å²) < 4.78 is 5.91. The normalized spacial score (nSPS) is 11.3. The van der Waals surface area contributed by atoms with E-state index in [0.717, 1.165) is 23.3 Å². The van der Waals surface area contributed by atoms with Crippen molar-refractivity contribution in [3.63, 3.8) is 0 Å². The molecule has 0 fully saturated rings. The minimum Gasteiger partial charge on any atom is -0.493 e. The van der Waals surface area contributed by atoms with Crippen LogP contribution in [-0.2, 0) is 4.79 Å². The minimum atomic E-state index is -0.591. The van der Waals surface area contributed by atoms with Crippen LogP contribution in [0.5, 0.6) is 5.75 Å². The van der Waals surface area contributed by atoms with Crippen LogP contribution in [0.25, 0.3) is 0 Å². The van der Waals surface area contributed by atoms with Crippen molar-refractivity contribution in [2.24, 2.45) is 5.41 Å². The Morgan fingerprint density at radius 1 is 1.07 bits per heavy atom. The van der Waals surface area contributed by atoms with Crippen LogP contribution in [0.1, 0.15) is 62.0 Å². The predicted octanol–water partition coefficient (Wildman–Crippen LogP) is 5.27. The van der Waals surface area contributed by atoms with Gasteiger partial charge in [-0.25, -0.2) is 0 Å². The average Bonchev–Trinajstić information content (AvgIpc) is 2.67. The highest BCUT2D eigenvalue weighted by atomic mass is 16.5. The molecule has 0 aliphatic carbocycles. The van der Waals surface area contributed by atoms with Gasteiger partial charge in [0.25, 0.3) is 5.91 Å². The standard InChI is InChI=1S/C25H34N2O3/c1-17(2)26-23(28)20-10-7-8-11-21(20)27-24(29)25(5,6)14-9-15-30-22-16-18(3)12-13-19(22)4/h7-8,10-13,16-17H,9,14-15H2,1-6H3,(H,26,28)(H,27,29). The van der Waals surface area contributed by atoms with Crippen molar-refractivity contribution in [2.45, 2.75) is 60.4 Å². The lowest BCUT2D eigenvalue weighted by Crippen LogP contribution is -2.34. The lowest BCUT2D eigenvalue weighted by molar-refractivity contribution is -0.124. The zero-order valence-corrected chi connectivity index (χ0v) is 19.0. The van der Waals surface area contributed by atoms with E-state index in [9.17, 15) is 9.59 Å². The van der Waals surface area contributed by atoms with Gasteiger partial charge in [0.15, 0.2) is 0 Å². The molecule has 0 heterocycles. The first kappa shape index (κ1) is 23.5. The quantitative estimate of drug-likeness (QED) is 0.554. The van der Waals surface area contributed by atoms with E-state index in [1.807, 2.05) is 53.7 Å². The Labute approximate surface area is 180 Å². The number of benzene rings is 2. The molecule has 2 amide bonds. The van der Waals surface area contributed by atoms with Gasteiger partial charge >= 0.3 is 0 Å². The van der Waals surface area contributed by atoms with Crippen LogP contribution >= 0.6 is 0 Å². The number of anilines is 1. The second kappa shape index (κ2) is 10.3. The molecule has 5 nitrogen and oxygen atoms in total. The molecule has 0 unspecified atom stereocenters. The van der Waals surface area contributed by atoms with E-state index in [0.29, 0.717) is 24.3 Å². The number of nitrogens with one attached hydrogen (secondary N) is 2. The summed E-state index contributed by atoms with van der Waals surface area (Å²) in [5.74, 6) is 0.585. The van der Waals surface area contributed by atoms with Gasteiger partial charge in [-0.1, -0.05) is 38.1 Å². The van der Waals surface area contributed by atoms with Crippen LogP contribution in [-0.4, -0.2) is 24.5 Å². The van der Waals surface area contributed by atoms with E-state index < -0.39 is 5.41 Å². The summed E-state index contributed by atoms with van der Waals surface area (Å²) >= 11 is 0. The summed E-state index contributed by atoms with van der Waals surface area (Å²) in [6.07, 6.45) is 1.42. The third-order valence-corrected chi connectivity index (χ3v) is 5.00.